The minimum atomic E-state index is 0.817. The van der Waals surface area contributed by atoms with Crippen molar-refractivity contribution in [2.24, 2.45) is 0 Å². The van der Waals surface area contributed by atoms with Gasteiger partial charge in [-0.2, -0.15) is 5.26 Å². The van der Waals surface area contributed by atoms with Crippen LogP contribution in [-0.2, 0) is 0 Å². The Morgan fingerprint density at radius 2 is 2.07 bits per heavy atom. The molecule has 0 aliphatic heterocycles. The molecular formula is C11H9N3. The molecule has 0 spiro atoms. The van der Waals surface area contributed by atoms with E-state index < -0.39 is 0 Å². The van der Waals surface area contributed by atoms with E-state index >= 15 is 0 Å². The number of rotatable bonds is 1. The van der Waals surface area contributed by atoms with Gasteiger partial charge in [0.15, 0.2) is 0 Å². The molecule has 0 amide bonds. The fourth-order valence-electron chi connectivity index (χ4n) is 1.49. The van der Waals surface area contributed by atoms with Crippen molar-refractivity contribution < 1.29 is 0 Å². The molecule has 68 valence electrons. The second-order valence-corrected chi connectivity index (χ2v) is 3.07. The summed E-state index contributed by atoms with van der Waals surface area (Å²) in [6, 6.07) is 2.23. The lowest BCUT2D eigenvalue weighted by atomic mass is 9.95. The van der Waals surface area contributed by atoms with Crippen LogP contribution in [0.2, 0.25) is 0 Å². The molecule has 1 heterocycles. The van der Waals surface area contributed by atoms with Gasteiger partial charge >= 0.3 is 0 Å². The van der Waals surface area contributed by atoms with E-state index in [1.165, 1.54) is 6.33 Å². The van der Waals surface area contributed by atoms with Gasteiger partial charge in [0, 0.05) is 23.5 Å². The average Bonchev–Trinajstić information content (AvgIpc) is 2.30. The average molecular weight is 183 g/mol. The second-order valence-electron chi connectivity index (χ2n) is 3.07. The van der Waals surface area contributed by atoms with Crippen LogP contribution in [0.4, 0.5) is 0 Å². The van der Waals surface area contributed by atoms with Gasteiger partial charge in [-0.05, 0) is 18.4 Å². The van der Waals surface area contributed by atoms with Gasteiger partial charge < -0.3 is 0 Å². The third-order valence-electron chi connectivity index (χ3n) is 2.18. The van der Waals surface area contributed by atoms with Crippen LogP contribution in [0.5, 0.6) is 0 Å². The zero-order valence-corrected chi connectivity index (χ0v) is 7.64. The van der Waals surface area contributed by atoms with Crippen molar-refractivity contribution in [2.45, 2.75) is 12.8 Å². The summed E-state index contributed by atoms with van der Waals surface area (Å²) in [6.45, 7) is 0. The van der Waals surface area contributed by atoms with Crippen molar-refractivity contribution in [2.75, 3.05) is 0 Å². The summed E-state index contributed by atoms with van der Waals surface area (Å²) in [4.78, 5) is 7.88. The number of hydrogen-bond acceptors (Lipinski definition) is 3. The molecule has 0 saturated heterocycles. The van der Waals surface area contributed by atoms with Gasteiger partial charge in [-0.25, -0.2) is 9.97 Å². The summed E-state index contributed by atoms with van der Waals surface area (Å²) in [5.74, 6) is 0. The molecular weight excluding hydrogens is 174 g/mol. The maximum absolute atomic E-state index is 8.94. The van der Waals surface area contributed by atoms with Crippen molar-refractivity contribution >= 4 is 5.57 Å². The van der Waals surface area contributed by atoms with Gasteiger partial charge in [0.25, 0.3) is 0 Å². The fourth-order valence-corrected chi connectivity index (χ4v) is 1.49. The van der Waals surface area contributed by atoms with E-state index in [1.807, 2.05) is 6.08 Å². The molecule has 0 atom stereocenters. The summed E-state index contributed by atoms with van der Waals surface area (Å²) < 4.78 is 0. The van der Waals surface area contributed by atoms with E-state index in [0.717, 1.165) is 29.6 Å². The van der Waals surface area contributed by atoms with Crippen LogP contribution in [0.25, 0.3) is 5.57 Å². The van der Waals surface area contributed by atoms with Gasteiger partial charge in [0.1, 0.15) is 6.33 Å². The normalized spacial score (nSPS) is 15.4. The van der Waals surface area contributed by atoms with Gasteiger partial charge in [-0.3, -0.25) is 0 Å². The quantitative estimate of drug-likeness (QED) is 0.669. The van der Waals surface area contributed by atoms with Crippen LogP contribution in [0.15, 0.2) is 36.4 Å². The Bertz CT molecular complexity index is 424. The lowest BCUT2D eigenvalue weighted by Crippen LogP contribution is -1.94. The Morgan fingerprint density at radius 3 is 2.79 bits per heavy atom. The van der Waals surface area contributed by atoms with Crippen LogP contribution in [0, 0.1) is 11.3 Å². The fraction of sp³-hybridized carbons (Fsp3) is 0.182. The van der Waals surface area contributed by atoms with E-state index in [9.17, 15) is 0 Å². The number of nitrogens with zero attached hydrogens (tertiary/aromatic N) is 3. The lowest BCUT2D eigenvalue weighted by molar-refractivity contribution is 0.997. The SMILES string of the molecule is N#CC1=C(c2cncnc2)C=CCC1. The molecule has 14 heavy (non-hydrogen) atoms. The summed E-state index contributed by atoms with van der Waals surface area (Å²) >= 11 is 0. The molecule has 2 rings (SSSR count). The summed E-state index contributed by atoms with van der Waals surface area (Å²) in [5, 5.41) is 8.94. The minimum absolute atomic E-state index is 0.817. The van der Waals surface area contributed by atoms with Crippen LogP contribution in [0.3, 0.4) is 0 Å². The van der Waals surface area contributed by atoms with Gasteiger partial charge in [-0.15, -0.1) is 0 Å². The molecule has 3 nitrogen and oxygen atoms in total. The second kappa shape index (κ2) is 3.84. The third kappa shape index (κ3) is 1.55. The molecule has 0 fully saturated rings. The van der Waals surface area contributed by atoms with Crippen LogP contribution in [-0.4, -0.2) is 9.97 Å². The number of allylic oxidation sites excluding steroid dienone is 4. The highest BCUT2D eigenvalue weighted by atomic mass is 14.8. The number of aromatic nitrogens is 2. The Balaban J connectivity index is 2.48. The molecule has 0 N–H and O–H groups in total. The topological polar surface area (TPSA) is 49.6 Å². The molecule has 1 aromatic heterocycles. The molecule has 0 bridgehead atoms. The number of hydrogen-bond donors (Lipinski definition) is 0. The zero-order valence-electron chi connectivity index (χ0n) is 7.64. The van der Waals surface area contributed by atoms with E-state index in [-0.39, 0.29) is 0 Å². The highest BCUT2D eigenvalue weighted by Gasteiger charge is 2.09. The van der Waals surface area contributed by atoms with Crippen molar-refractivity contribution in [3.63, 3.8) is 0 Å². The van der Waals surface area contributed by atoms with Crippen LogP contribution >= 0.6 is 0 Å². The number of nitriles is 1. The molecule has 3 heteroatoms. The first-order valence-electron chi connectivity index (χ1n) is 4.47. The Morgan fingerprint density at radius 1 is 1.29 bits per heavy atom. The molecule has 1 aliphatic carbocycles. The Hall–Kier alpha value is -1.95. The molecule has 1 aromatic rings. The first-order chi connectivity index (χ1) is 6.92. The third-order valence-corrected chi connectivity index (χ3v) is 2.18. The van der Waals surface area contributed by atoms with Crippen LogP contribution < -0.4 is 0 Å². The monoisotopic (exact) mass is 183 g/mol. The van der Waals surface area contributed by atoms with E-state index in [4.69, 9.17) is 5.26 Å². The lowest BCUT2D eigenvalue weighted by Gasteiger charge is -2.09. The maximum Gasteiger partial charge on any atom is 0.115 e. The molecule has 1 aliphatic rings. The van der Waals surface area contributed by atoms with Crippen molar-refractivity contribution in [1.29, 1.82) is 5.26 Å². The Labute approximate surface area is 82.4 Å². The van der Waals surface area contributed by atoms with Gasteiger partial charge in [-0.1, -0.05) is 12.2 Å². The van der Waals surface area contributed by atoms with Crippen molar-refractivity contribution in [3.05, 3.63) is 42.0 Å². The highest BCUT2D eigenvalue weighted by Crippen LogP contribution is 2.25. The highest BCUT2D eigenvalue weighted by molar-refractivity contribution is 5.79. The molecule has 0 unspecified atom stereocenters. The van der Waals surface area contributed by atoms with Crippen molar-refractivity contribution in [1.82, 2.24) is 9.97 Å². The standard InChI is InChI=1S/C11H9N3/c12-5-9-3-1-2-4-11(9)10-6-13-8-14-7-10/h2,4,6-8H,1,3H2. The maximum atomic E-state index is 8.94. The first-order valence-corrected chi connectivity index (χ1v) is 4.47. The summed E-state index contributed by atoms with van der Waals surface area (Å²) in [6.07, 6.45) is 10.8. The molecule has 0 aromatic carbocycles. The largest absolute Gasteiger partial charge is 0.244 e. The first kappa shape index (κ1) is 8.64. The van der Waals surface area contributed by atoms with Crippen molar-refractivity contribution in [3.8, 4) is 6.07 Å². The molecule has 0 radical (unpaired) electrons. The van der Waals surface area contributed by atoms with E-state index in [1.54, 1.807) is 12.4 Å². The predicted octanol–water partition coefficient (Wildman–Crippen LogP) is 2.10. The van der Waals surface area contributed by atoms with E-state index in [2.05, 4.69) is 22.1 Å². The Kier molecular flexibility index (Phi) is 2.37. The molecule has 0 saturated carbocycles. The predicted molar refractivity (Wildman–Crippen MR) is 52.9 cm³/mol. The van der Waals surface area contributed by atoms with Gasteiger partial charge in [0.05, 0.1) is 6.07 Å². The van der Waals surface area contributed by atoms with Crippen LogP contribution in [0.1, 0.15) is 18.4 Å². The van der Waals surface area contributed by atoms with E-state index in [0.29, 0.717) is 0 Å². The zero-order chi connectivity index (χ0) is 9.80. The van der Waals surface area contributed by atoms with Gasteiger partial charge in [0.2, 0.25) is 0 Å². The smallest absolute Gasteiger partial charge is 0.115 e. The summed E-state index contributed by atoms with van der Waals surface area (Å²) in [7, 11) is 0. The summed E-state index contributed by atoms with van der Waals surface area (Å²) in [5.41, 5.74) is 2.70. The minimum Gasteiger partial charge on any atom is -0.244 e.